The largest absolute Gasteiger partial charge is 0.318 e. The molecule has 8 aromatic rings. The number of hydrogen-bond acceptors (Lipinski definition) is 3. The zero-order valence-corrected chi connectivity index (χ0v) is 27.6. The van der Waals surface area contributed by atoms with Crippen molar-refractivity contribution < 1.29 is 0 Å². The smallest absolute Gasteiger partial charge is 0.235 e. The number of fused-ring (bicyclic) bond motifs is 9. The Balaban J connectivity index is 1.20. The molecular weight excluding hydrogens is 623 g/mol. The van der Waals surface area contributed by atoms with Gasteiger partial charge in [-0.25, -0.2) is 0 Å². The summed E-state index contributed by atoms with van der Waals surface area (Å²) in [4.78, 5) is 11.5. The quantitative estimate of drug-likeness (QED) is 0.178. The van der Waals surface area contributed by atoms with E-state index in [1.54, 1.807) is 0 Å². The lowest BCUT2D eigenvalue weighted by Crippen LogP contribution is -2.43. The fourth-order valence-corrected chi connectivity index (χ4v) is 8.51. The summed E-state index contributed by atoms with van der Waals surface area (Å²) in [6, 6.07) is 48.2. The van der Waals surface area contributed by atoms with Crippen LogP contribution in [-0.4, -0.2) is 26.3 Å². The average molecular weight is 653 g/mol. The predicted octanol–water partition coefficient (Wildman–Crippen LogP) is 10.7. The molecule has 0 bridgehead atoms. The Labute approximate surface area is 295 Å². The van der Waals surface area contributed by atoms with Crippen LogP contribution in [0.25, 0.3) is 55.3 Å². The number of aromatic nitrogens is 3. The van der Waals surface area contributed by atoms with Crippen molar-refractivity contribution in [1.82, 2.24) is 19.1 Å². The van der Waals surface area contributed by atoms with Gasteiger partial charge in [-0.3, -0.25) is 9.97 Å². The van der Waals surface area contributed by atoms with E-state index in [1.165, 1.54) is 61.4 Å². The molecule has 51 heavy (non-hydrogen) atoms. The van der Waals surface area contributed by atoms with Gasteiger partial charge in [0.05, 0.1) is 16.7 Å². The third-order valence-corrected chi connectivity index (χ3v) is 10.6. The van der Waals surface area contributed by atoms with Crippen LogP contribution in [0.15, 0.2) is 176 Å². The van der Waals surface area contributed by atoms with Gasteiger partial charge in [0.1, 0.15) is 11.7 Å². The highest BCUT2D eigenvalue weighted by Gasteiger charge is 2.49. The monoisotopic (exact) mass is 652 g/mol. The first-order valence-corrected chi connectivity index (χ1v) is 17.3. The van der Waals surface area contributed by atoms with Gasteiger partial charge < -0.3 is 9.47 Å². The Kier molecular flexibility index (Phi) is 5.95. The van der Waals surface area contributed by atoms with Gasteiger partial charge in [-0.1, -0.05) is 72.8 Å². The molecule has 5 heteroatoms. The molecular formula is C46H30N5+. The number of benzene rings is 5. The number of anilines is 2. The topological polar surface area (TPSA) is 37.0 Å². The second-order valence-corrected chi connectivity index (χ2v) is 13.3. The van der Waals surface area contributed by atoms with E-state index in [9.17, 15) is 0 Å². The molecule has 3 aliphatic rings. The minimum absolute atomic E-state index is 0.0545. The Bertz CT molecular complexity index is 2740. The van der Waals surface area contributed by atoms with Crippen molar-refractivity contribution in [2.45, 2.75) is 6.04 Å². The molecule has 1 atom stereocenters. The summed E-state index contributed by atoms with van der Waals surface area (Å²) in [5, 5.41) is 2.51. The lowest BCUT2D eigenvalue weighted by atomic mass is 9.90. The van der Waals surface area contributed by atoms with Crippen LogP contribution in [0.2, 0.25) is 0 Å². The molecule has 238 valence electrons. The Hall–Kier alpha value is -6.85. The van der Waals surface area contributed by atoms with Gasteiger partial charge in [0.15, 0.2) is 0 Å². The van der Waals surface area contributed by atoms with Crippen molar-refractivity contribution in [3.63, 3.8) is 0 Å². The van der Waals surface area contributed by atoms with E-state index in [0.717, 1.165) is 27.9 Å². The minimum Gasteiger partial charge on any atom is -0.318 e. The fraction of sp³-hybridized carbons (Fsp3) is 0.0217. The van der Waals surface area contributed by atoms with Crippen molar-refractivity contribution in [2.75, 3.05) is 4.90 Å². The first kappa shape index (κ1) is 28.0. The first-order valence-electron chi connectivity index (χ1n) is 17.3. The fourth-order valence-electron chi connectivity index (χ4n) is 8.51. The van der Waals surface area contributed by atoms with Crippen LogP contribution in [0.5, 0.6) is 0 Å². The lowest BCUT2D eigenvalue weighted by Gasteiger charge is -2.32. The number of para-hydroxylation sites is 4. The second-order valence-electron chi connectivity index (χ2n) is 13.3. The maximum Gasteiger partial charge on any atom is 0.235 e. The van der Waals surface area contributed by atoms with Crippen molar-refractivity contribution in [1.29, 1.82) is 0 Å². The molecule has 0 N–H and O–H groups in total. The maximum atomic E-state index is 4.46. The molecule has 5 aromatic carbocycles. The minimum atomic E-state index is 0.0545. The van der Waals surface area contributed by atoms with E-state index in [2.05, 4.69) is 164 Å². The van der Waals surface area contributed by atoms with Crippen molar-refractivity contribution in [2.24, 2.45) is 0 Å². The van der Waals surface area contributed by atoms with Crippen LogP contribution in [0.4, 0.5) is 22.7 Å². The molecule has 5 nitrogen and oxygen atoms in total. The van der Waals surface area contributed by atoms with Crippen LogP contribution in [0.1, 0.15) is 5.56 Å². The van der Waals surface area contributed by atoms with Crippen LogP contribution < -0.4 is 9.48 Å². The molecule has 3 aromatic heterocycles. The summed E-state index contributed by atoms with van der Waals surface area (Å²) >= 11 is 0. The molecule has 1 unspecified atom stereocenters. The molecule has 1 aliphatic carbocycles. The summed E-state index contributed by atoms with van der Waals surface area (Å²) in [6.45, 7) is 0. The van der Waals surface area contributed by atoms with Crippen LogP contribution in [-0.2, 0) is 0 Å². The van der Waals surface area contributed by atoms with Gasteiger partial charge in [0, 0.05) is 82.2 Å². The second kappa shape index (κ2) is 10.8. The summed E-state index contributed by atoms with van der Waals surface area (Å²) in [7, 11) is 0. The Morgan fingerprint density at radius 3 is 2.08 bits per heavy atom. The van der Waals surface area contributed by atoms with Crippen LogP contribution in [0, 0.1) is 0 Å². The van der Waals surface area contributed by atoms with Crippen molar-refractivity contribution >= 4 is 55.8 Å². The normalized spacial score (nSPS) is 15.6. The first-order chi connectivity index (χ1) is 25.3. The van der Waals surface area contributed by atoms with E-state index >= 15 is 0 Å². The summed E-state index contributed by atoms with van der Waals surface area (Å²) in [5.74, 6) is 0. The van der Waals surface area contributed by atoms with Gasteiger partial charge in [-0.2, -0.15) is 4.58 Å². The highest BCUT2D eigenvalue weighted by Crippen LogP contribution is 2.55. The third-order valence-electron chi connectivity index (χ3n) is 10.6. The summed E-state index contributed by atoms with van der Waals surface area (Å²) < 4.78 is 4.88. The SMILES string of the molecule is C1=CC2=[N+](c3ccccc3)c3ccccc3N3c4ccc5c(c4C(=C1)C23)c1ccccc1n5-c1cc(-c2cccnc2)cc(-c2cccnc2)c1. The molecule has 0 fully saturated rings. The van der Waals surface area contributed by atoms with E-state index in [0.29, 0.717) is 0 Å². The van der Waals surface area contributed by atoms with E-state index in [-0.39, 0.29) is 6.04 Å². The Morgan fingerprint density at radius 1 is 0.588 bits per heavy atom. The van der Waals surface area contributed by atoms with Gasteiger partial charge in [-0.15, -0.1) is 0 Å². The molecule has 0 radical (unpaired) electrons. The zero-order chi connectivity index (χ0) is 33.5. The molecule has 0 saturated carbocycles. The lowest BCUT2D eigenvalue weighted by molar-refractivity contribution is 0.931. The van der Waals surface area contributed by atoms with Crippen molar-refractivity contribution in [3.05, 3.63) is 182 Å². The highest BCUT2D eigenvalue weighted by atomic mass is 15.3. The molecule has 2 aliphatic heterocycles. The molecule has 0 amide bonds. The zero-order valence-electron chi connectivity index (χ0n) is 27.6. The summed E-state index contributed by atoms with van der Waals surface area (Å²) in [5.41, 5.74) is 16.5. The number of pyridine rings is 2. The van der Waals surface area contributed by atoms with Crippen molar-refractivity contribution in [3.8, 4) is 27.9 Å². The molecule has 11 rings (SSSR count). The van der Waals surface area contributed by atoms with Gasteiger partial charge >= 0.3 is 0 Å². The van der Waals surface area contributed by atoms with Crippen LogP contribution >= 0.6 is 0 Å². The van der Waals surface area contributed by atoms with E-state index in [1.807, 2.05) is 36.9 Å². The molecule has 0 spiro atoms. The average Bonchev–Trinajstić information content (AvgIpc) is 3.73. The van der Waals surface area contributed by atoms with Crippen LogP contribution in [0.3, 0.4) is 0 Å². The maximum absolute atomic E-state index is 4.46. The number of nitrogens with zero attached hydrogens (tertiary/aromatic N) is 5. The van der Waals surface area contributed by atoms with Gasteiger partial charge in [-0.05, 0) is 71.3 Å². The predicted molar refractivity (Wildman–Crippen MR) is 210 cm³/mol. The molecule has 5 heterocycles. The van der Waals surface area contributed by atoms with E-state index < -0.39 is 0 Å². The number of allylic oxidation sites excluding steroid dienone is 2. The molecule has 0 saturated heterocycles. The Morgan fingerprint density at radius 2 is 1.31 bits per heavy atom. The van der Waals surface area contributed by atoms with Gasteiger partial charge in [0.2, 0.25) is 17.1 Å². The number of hydrogen-bond donors (Lipinski definition) is 0. The standard InChI is InChI=1S/C46H30N5/c1-2-13-34(14-3-1)49-39-18-6-7-19-40(39)51-42-22-21-41-44(45(42)37-16-8-20-43(49)46(37)51)36-15-4-5-17-38(36)50(41)35-26-32(30-11-9-23-47-28-30)25-33(27-35)31-12-10-24-48-29-31/h1-29,46H/q+1. The van der Waals surface area contributed by atoms with E-state index in [4.69, 9.17) is 0 Å². The highest BCUT2D eigenvalue weighted by molar-refractivity contribution is 6.26. The van der Waals surface area contributed by atoms with Gasteiger partial charge in [0.25, 0.3) is 0 Å². The summed E-state index contributed by atoms with van der Waals surface area (Å²) in [6.07, 6.45) is 14.4. The number of rotatable bonds is 4. The third kappa shape index (κ3) is 4.06.